The van der Waals surface area contributed by atoms with Crippen LogP contribution in [-0.2, 0) is 6.42 Å². The smallest absolute Gasteiger partial charge is 0.163 e. The van der Waals surface area contributed by atoms with Crippen molar-refractivity contribution in [3.63, 3.8) is 0 Å². The number of rotatable bonds is 4. The van der Waals surface area contributed by atoms with E-state index in [2.05, 4.69) is 39.7 Å². The number of nitrogen functional groups attached to an aromatic ring is 1. The summed E-state index contributed by atoms with van der Waals surface area (Å²) in [5, 5.41) is 0. The van der Waals surface area contributed by atoms with Crippen LogP contribution in [0.4, 0.5) is 5.82 Å². The summed E-state index contributed by atoms with van der Waals surface area (Å²) in [5.41, 5.74) is 7.73. The molecule has 0 aliphatic rings. The Hall–Kier alpha value is -1.62. The maximum absolute atomic E-state index is 5.90. The fourth-order valence-electron chi connectivity index (χ4n) is 1.96. The maximum Gasteiger partial charge on any atom is 0.163 e. The Bertz CT molecular complexity index is 614. The number of hydrogen-bond donors (Lipinski definition) is 1. The van der Waals surface area contributed by atoms with Crippen LogP contribution in [0.2, 0.25) is 0 Å². The van der Waals surface area contributed by atoms with Crippen molar-refractivity contribution < 1.29 is 4.74 Å². The van der Waals surface area contributed by atoms with Gasteiger partial charge in [-0.2, -0.15) is 0 Å². The monoisotopic (exact) mass is 335 g/mol. The molecule has 0 amide bonds. The third kappa shape index (κ3) is 3.48. The van der Waals surface area contributed by atoms with Crippen molar-refractivity contribution in [2.45, 2.75) is 20.3 Å². The van der Waals surface area contributed by atoms with Crippen molar-refractivity contribution in [3.8, 4) is 17.1 Å². The first kappa shape index (κ1) is 14.8. The Kier molecular flexibility index (Phi) is 4.60. The van der Waals surface area contributed by atoms with Crippen LogP contribution in [0.3, 0.4) is 0 Å². The van der Waals surface area contributed by atoms with E-state index in [1.807, 2.05) is 24.3 Å². The summed E-state index contributed by atoms with van der Waals surface area (Å²) in [4.78, 5) is 8.93. The Balaban J connectivity index is 2.49. The van der Waals surface area contributed by atoms with Crippen molar-refractivity contribution in [3.05, 3.63) is 34.4 Å². The van der Waals surface area contributed by atoms with Gasteiger partial charge in [0.15, 0.2) is 5.82 Å². The summed E-state index contributed by atoms with van der Waals surface area (Å²) in [6.07, 6.45) is 0.876. The number of hydrogen-bond acceptors (Lipinski definition) is 4. The van der Waals surface area contributed by atoms with Crippen molar-refractivity contribution in [1.82, 2.24) is 9.97 Å². The molecule has 2 rings (SSSR count). The largest absolute Gasteiger partial charge is 0.497 e. The van der Waals surface area contributed by atoms with E-state index in [0.717, 1.165) is 27.9 Å². The quantitative estimate of drug-likeness (QED) is 0.925. The van der Waals surface area contributed by atoms with Gasteiger partial charge < -0.3 is 10.5 Å². The molecule has 1 heterocycles. The first-order chi connectivity index (χ1) is 9.49. The van der Waals surface area contributed by atoms with Crippen LogP contribution < -0.4 is 10.5 Å². The number of halogens is 1. The predicted molar refractivity (Wildman–Crippen MR) is 84.7 cm³/mol. The van der Waals surface area contributed by atoms with Gasteiger partial charge in [-0.05, 0) is 30.5 Å². The Morgan fingerprint density at radius 3 is 2.65 bits per heavy atom. The second kappa shape index (κ2) is 6.22. The highest BCUT2D eigenvalue weighted by Crippen LogP contribution is 2.30. The summed E-state index contributed by atoms with van der Waals surface area (Å²) < 4.78 is 6.16. The second-order valence-corrected chi connectivity index (χ2v) is 5.91. The van der Waals surface area contributed by atoms with E-state index in [9.17, 15) is 0 Å². The zero-order valence-electron chi connectivity index (χ0n) is 11.9. The topological polar surface area (TPSA) is 61.0 Å². The molecule has 1 aromatic heterocycles. The zero-order chi connectivity index (χ0) is 14.7. The van der Waals surface area contributed by atoms with E-state index < -0.39 is 0 Å². The molecule has 0 unspecified atom stereocenters. The summed E-state index contributed by atoms with van der Waals surface area (Å²) in [5.74, 6) is 2.39. The van der Waals surface area contributed by atoms with Crippen LogP contribution >= 0.6 is 15.9 Å². The molecule has 0 fully saturated rings. The Morgan fingerprint density at radius 1 is 1.25 bits per heavy atom. The van der Waals surface area contributed by atoms with E-state index in [4.69, 9.17) is 10.5 Å². The molecule has 0 spiro atoms. The number of methoxy groups -OCH3 is 1. The molecule has 5 heteroatoms. The molecule has 20 heavy (non-hydrogen) atoms. The standard InChI is InChI=1S/C15H18BrN3O/c1-9(2)6-10-7-14(17)19-15(18-10)12-8-11(20-3)4-5-13(12)16/h4-5,7-9H,6H2,1-3H3,(H2,17,18,19). The lowest BCUT2D eigenvalue weighted by Gasteiger charge is -2.10. The van der Waals surface area contributed by atoms with Crippen LogP contribution in [-0.4, -0.2) is 17.1 Å². The number of ether oxygens (including phenoxy) is 1. The predicted octanol–water partition coefficient (Wildman–Crippen LogP) is 3.70. The average molecular weight is 336 g/mol. The summed E-state index contributed by atoms with van der Waals surface area (Å²) in [7, 11) is 1.64. The van der Waals surface area contributed by atoms with E-state index >= 15 is 0 Å². The first-order valence-electron chi connectivity index (χ1n) is 6.47. The van der Waals surface area contributed by atoms with Gasteiger partial charge in [0.2, 0.25) is 0 Å². The van der Waals surface area contributed by atoms with Gasteiger partial charge in [-0.15, -0.1) is 0 Å². The molecule has 0 bridgehead atoms. The second-order valence-electron chi connectivity index (χ2n) is 5.05. The van der Waals surface area contributed by atoms with E-state index in [1.54, 1.807) is 7.11 Å². The molecule has 0 aliphatic heterocycles. The molecule has 0 saturated carbocycles. The minimum Gasteiger partial charge on any atom is -0.497 e. The van der Waals surface area contributed by atoms with Crippen molar-refractivity contribution in [2.24, 2.45) is 5.92 Å². The van der Waals surface area contributed by atoms with Crippen molar-refractivity contribution in [1.29, 1.82) is 0 Å². The highest BCUT2D eigenvalue weighted by Gasteiger charge is 2.11. The lowest BCUT2D eigenvalue weighted by Crippen LogP contribution is -2.03. The van der Waals surface area contributed by atoms with Crippen molar-refractivity contribution >= 4 is 21.7 Å². The minimum atomic E-state index is 0.486. The van der Waals surface area contributed by atoms with E-state index in [-0.39, 0.29) is 0 Å². The van der Waals surface area contributed by atoms with Crippen LogP contribution in [0.5, 0.6) is 5.75 Å². The van der Waals surface area contributed by atoms with Gasteiger partial charge in [0.1, 0.15) is 11.6 Å². The zero-order valence-corrected chi connectivity index (χ0v) is 13.4. The van der Waals surface area contributed by atoms with E-state index in [1.165, 1.54) is 0 Å². The van der Waals surface area contributed by atoms with Gasteiger partial charge in [0.25, 0.3) is 0 Å². The Morgan fingerprint density at radius 2 is 2.00 bits per heavy atom. The molecule has 1 aromatic carbocycles. The lowest BCUT2D eigenvalue weighted by atomic mass is 10.1. The first-order valence-corrected chi connectivity index (χ1v) is 7.26. The molecular formula is C15H18BrN3O. The van der Waals surface area contributed by atoms with Gasteiger partial charge in [-0.1, -0.05) is 29.8 Å². The molecular weight excluding hydrogens is 318 g/mol. The Labute approximate surface area is 127 Å². The fourth-order valence-corrected chi connectivity index (χ4v) is 2.39. The number of nitrogens with two attached hydrogens (primary N) is 1. The molecule has 2 N–H and O–H groups in total. The van der Waals surface area contributed by atoms with Crippen molar-refractivity contribution in [2.75, 3.05) is 12.8 Å². The lowest BCUT2D eigenvalue weighted by molar-refractivity contribution is 0.415. The summed E-state index contributed by atoms with van der Waals surface area (Å²) >= 11 is 3.52. The van der Waals surface area contributed by atoms with Gasteiger partial charge in [0, 0.05) is 21.8 Å². The SMILES string of the molecule is COc1ccc(Br)c(-c2nc(N)cc(CC(C)C)n2)c1. The van der Waals surface area contributed by atoms with Crippen LogP contribution in [0.15, 0.2) is 28.7 Å². The fraction of sp³-hybridized carbons (Fsp3) is 0.333. The van der Waals surface area contributed by atoms with E-state index in [0.29, 0.717) is 17.6 Å². The molecule has 106 valence electrons. The third-order valence-electron chi connectivity index (χ3n) is 2.83. The van der Waals surface area contributed by atoms with Crippen LogP contribution in [0, 0.1) is 5.92 Å². The summed E-state index contributed by atoms with van der Waals surface area (Å²) in [6, 6.07) is 7.54. The number of benzene rings is 1. The summed E-state index contributed by atoms with van der Waals surface area (Å²) in [6.45, 7) is 4.30. The third-order valence-corrected chi connectivity index (χ3v) is 3.52. The van der Waals surface area contributed by atoms with Gasteiger partial charge in [0.05, 0.1) is 7.11 Å². The van der Waals surface area contributed by atoms with Gasteiger partial charge in [-0.3, -0.25) is 0 Å². The normalized spacial score (nSPS) is 10.8. The number of aromatic nitrogens is 2. The number of nitrogens with zero attached hydrogens (tertiary/aromatic N) is 2. The molecule has 0 aliphatic carbocycles. The maximum atomic E-state index is 5.90. The number of anilines is 1. The molecule has 0 atom stereocenters. The van der Waals surface area contributed by atoms with Gasteiger partial charge >= 0.3 is 0 Å². The minimum absolute atomic E-state index is 0.486. The molecule has 4 nitrogen and oxygen atoms in total. The molecule has 2 aromatic rings. The molecule has 0 saturated heterocycles. The highest BCUT2D eigenvalue weighted by atomic mass is 79.9. The molecule has 0 radical (unpaired) electrons. The van der Waals surface area contributed by atoms with Gasteiger partial charge in [-0.25, -0.2) is 9.97 Å². The highest BCUT2D eigenvalue weighted by molar-refractivity contribution is 9.10. The average Bonchev–Trinajstić information content (AvgIpc) is 2.37. The van der Waals surface area contributed by atoms with Crippen LogP contribution in [0.25, 0.3) is 11.4 Å². The van der Waals surface area contributed by atoms with Crippen LogP contribution in [0.1, 0.15) is 19.5 Å².